The van der Waals surface area contributed by atoms with E-state index in [1.165, 1.54) is 4.70 Å². The number of benzene rings is 2. The van der Waals surface area contributed by atoms with E-state index in [0.717, 1.165) is 22.5 Å². The molecule has 0 aliphatic carbocycles. The fourth-order valence-electron chi connectivity index (χ4n) is 2.02. The van der Waals surface area contributed by atoms with Crippen LogP contribution in [0.15, 0.2) is 48.5 Å². The number of nitrogens with two attached hydrogens (primary N) is 1. The van der Waals surface area contributed by atoms with Gasteiger partial charge in [0, 0.05) is 0 Å². The van der Waals surface area contributed by atoms with E-state index < -0.39 is 0 Å². The highest BCUT2D eigenvalue weighted by Gasteiger charge is 2.12. The SMILES string of the molecule is NC(Cc1ccc(O)cc1)c1nc2ccccc2s1. The van der Waals surface area contributed by atoms with Crippen molar-refractivity contribution in [2.45, 2.75) is 12.5 Å². The molecule has 1 unspecified atom stereocenters. The molecule has 3 rings (SSSR count). The molecule has 0 fully saturated rings. The third kappa shape index (κ3) is 2.59. The lowest BCUT2D eigenvalue weighted by molar-refractivity contribution is 0.475. The number of hydrogen-bond acceptors (Lipinski definition) is 4. The van der Waals surface area contributed by atoms with E-state index in [-0.39, 0.29) is 11.8 Å². The predicted molar refractivity (Wildman–Crippen MR) is 78.4 cm³/mol. The van der Waals surface area contributed by atoms with Gasteiger partial charge in [-0.15, -0.1) is 11.3 Å². The van der Waals surface area contributed by atoms with Crippen molar-refractivity contribution in [1.29, 1.82) is 0 Å². The Morgan fingerprint density at radius 2 is 1.84 bits per heavy atom. The van der Waals surface area contributed by atoms with Crippen LogP contribution in [0.2, 0.25) is 0 Å². The van der Waals surface area contributed by atoms with E-state index in [4.69, 9.17) is 5.73 Å². The van der Waals surface area contributed by atoms with Crippen LogP contribution in [0.5, 0.6) is 5.75 Å². The van der Waals surface area contributed by atoms with Crippen molar-refractivity contribution in [1.82, 2.24) is 4.98 Å². The number of thiazole rings is 1. The first kappa shape index (κ1) is 12.1. The first-order valence-electron chi connectivity index (χ1n) is 6.11. The van der Waals surface area contributed by atoms with E-state index in [2.05, 4.69) is 11.1 Å². The summed E-state index contributed by atoms with van der Waals surface area (Å²) in [5.41, 5.74) is 8.32. The van der Waals surface area contributed by atoms with Gasteiger partial charge in [-0.1, -0.05) is 24.3 Å². The first-order chi connectivity index (χ1) is 9.22. The Bertz CT molecular complexity index is 658. The zero-order chi connectivity index (χ0) is 13.2. The number of para-hydroxylation sites is 1. The molecule has 1 atom stereocenters. The van der Waals surface area contributed by atoms with Crippen LogP contribution in [0.1, 0.15) is 16.6 Å². The maximum atomic E-state index is 9.26. The Morgan fingerprint density at radius 3 is 2.58 bits per heavy atom. The number of aromatic hydroxyl groups is 1. The molecule has 19 heavy (non-hydrogen) atoms. The minimum Gasteiger partial charge on any atom is -0.508 e. The molecule has 1 aromatic heterocycles. The van der Waals surface area contributed by atoms with Gasteiger partial charge in [-0.05, 0) is 36.2 Å². The molecule has 4 heteroatoms. The van der Waals surface area contributed by atoms with Crippen molar-refractivity contribution in [2.75, 3.05) is 0 Å². The summed E-state index contributed by atoms with van der Waals surface area (Å²) in [4.78, 5) is 4.57. The van der Waals surface area contributed by atoms with E-state index in [1.807, 2.05) is 30.3 Å². The van der Waals surface area contributed by atoms with Crippen molar-refractivity contribution >= 4 is 21.6 Å². The average Bonchev–Trinajstić information content (AvgIpc) is 2.85. The third-order valence-electron chi connectivity index (χ3n) is 3.02. The highest BCUT2D eigenvalue weighted by atomic mass is 32.1. The minimum absolute atomic E-state index is 0.109. The van der Waals surface area contributed by atoms with Gasteiger partial charge in [-0.25, -0.2) is 4.98 Å². The number of aromatic nitrogens is 1. The molecule has 3 nitrogen and oxygen atoms in total. The normalized spacial score (nSPS) is 12.7. The molecule has 1 heterocycles. The number of hydrogen-bond donors (Lipinski definition) is 2. The number of nitrogens with zero attached hydrogens (tertiary/aromatic N) is 1. The Morgan fingerprint density at radius 1 is 1.11 bits per heavy atom. The smallest absolute Gasteiger partial charge is 0.115 e. The monoisotopic (exact) mass is 270 g/mol. The van der Waals surface area contributed by atoms with Crippen molar-refractivity contribution < 1.29 is 5.11 Å². The summed E-state index contributed by atoms with van der Waals surface area (Å²) >= 11 is 1.64. The van der Waals surface area contributed by atoms with Gasteiger partial charge in [-0.3, -0.25) is 0 Å². The van der Waals surface area contributed by atoms with Crippen molar-refractivity contribution in [3.05, 3.63) is 59.1 Å². The van der Waals surface area contributed by atoms with E-state index >= 15 is 0 Å². The van der Waals surface area contributed by atoms with Gasteiger partial charge < -0.3 is 10.8 Å². The number of phenolic OH excluding ortho intramolecular Hbond substituents is 1. The van der Waals surface area contributed by atoms with E-state index in [9.17, 15) is 5.11 Å². The topological polar surface area (TPSA) is 59.1 Å². The van der Waals surface area contributed by atoms with Gasteiger partial charge in [0.15, 0.2) is 0 Å². The molecule has 3 aromatic rings. The fourth-order valence-corrected chi connectivity index (χ4v) is 2.99. The van der Waals surface area contributed by atoms with Gasteiger partial charge in [0.05, 0.1) is 16.3 Å². The Hall–Kier alpha value is -1.91. The molecule has 0 radical (unpaired) electrons. The summed E-state index contributed by atoms with van der Waals surface area (Å²) in [5.74, 6) is 0.275. The second-order valence-corrected chi connectivity index (χ2v) is 5.56. The quantitative estimate of drug-likeness (QED) is 0.768. The maximum Gasteiger partial charge on any atom is 0.115 e. The molecule has 0 bridgehead atoms. The first-order valence-corrected chi connectivity index (χ1v) is 6.93. The largest absolute Gasteiger partial charge is 0.508 e. The summed E-state index contributed by atoms with van der Waals surface area (Å²) < 4.78 is 1.17. The number of phenols is 1. The predicted octanol–water partition coefficient (Wildman–Crippen LogP) is 3.24. The molecule has 0 aliphatic heterocycles. The molecule has 0 amide bonds. The van der Waals surface area contributed by atoms with Gasteiger partial charge in [-0.2, -0.15) is 0 Å². The Kier molecular flexibility index (Phi) is 3.19. The summed E-state index contributed by atoms with van der Waals surface area (Å²) in [7, 11) is 0. The van der Waals surface area contributed by atoms with Crippen LogP contribution in [-0.4, -0.2) is 10.1 Å². The molecule has 3 N–H and O–H groups in total. The summed E-state index contributed by atoms with van der Waals surface area (Å²) in [6.45, 7) is 0. The van der Waals surface area contributed by atoms with Crippen LogP contribution in [0.4, 0.5) is 0 Å². The average molecular weight is 270 g/mol. The van der Waals surface area contributed by atoms with E-state index in [0.29, 0.717) is 0 Å². The standard InChI is InChI=1S/C15H14N2OS/c16-12(9-10-5-7-11(18)8-6-10)15-17-13-3-1-2-4-14(13)19-15/h1-8,12,18H,9,16H2. The van der Waals surface area contributed by atoms with Crippen LogP contribution in [0.3, 0.4) is 0 Å². The Balaban J connectivity index is 1.83. The zero-order valence-corrected chi connectivity index (χ0v) is 11.1. The lowest BCUT2D eigenvalue weighted by Gasteiger charge is -2.08. The molecule has 0 saturated carbocycles. The van der Waals surface area contributed by atoms with Crippen molar-refractivity contribution in [3.63, 3.8) is 0 Å². The highest BCUT2D eigenvalue weighted by Crippen LogP contribution is 2.27. The lowest BCUT2D eigenvalue weighted by Crippen LogP contribution is -2.12. The van der Waals surface area contributed by atoms with Crippen LogP contribution >= 0.6 is 11.3 Å². The number of rotatable bonds is 3. The summed E-state index contributed by atoms with van der Waals surface area (Å²) in [6.07, 6.45) is 0.722. The molecular weight excluding hydrogens is 256 g/mol. The molecule has 0 spiro atoms. The van der Waals surface area contributed by atoms with Gasteiger partial charge >= 0.3 is 0 Å². The molecule has 2 aromatic carbocycles. The lowest BCUT2D eigenvalue weighted by atomic mass is 10.1. The van der Waals surface area contributed by atoms with Gasteiger partial charge in [0.1, 0.15) is 10.8 Å². The fraction of sp³-hybridized carbons (Fsp3) is 0.133. The third-order valence-corrected chi connectivity index (χ3v) is 4.19. The van der Waals surface area contributed by atoms with Crippen LogP contribution in [-0.2, 0) is 6.42 Å². The highest BCUT2D eigenvalue weighted by molar-refractivity contribution is 7.18. The second kappa shape index (κ2) is 4.99. The molecule has 0 aliphatic rings. The number of fused-ring (bicyclic) bond motifs is 1. The maximum absolute atomic E-state index is 9.26. The van der Waals surface area contributed by atoms with Gasteiger partial charge in [0.2, 0.25) is 0 Å². The molecule has 0 saturated heterocycles. The Labute approximate surface area is 115 Å². The minimum atomic E-state index is -0.109. The van der Waals surface area contributed by atoms with Crippen molar-refractivity contribution in [3.8, 4) is 5.75 Å². The van der Waals surface area contributed by atoms with Crippen molar-refractivity contribution in [2.24, 2.45) is 5.73 Å². The second-order valence-electron chi connectivity index (χ2n) is 4.50. The van der Waals surface area contributed by atoms with Crippen LogP contribution < -0.4 is 5.73 Å². The molecule has 96 valence electrons. The van der Waals surface area contributed by atoms with Crippen LogP contribution in [0.25, 0.3) is 10.2 Å². The summed E-state index contributed by atoms with van der Waals surface area (Å²) in [6, 6.07) is 15.1. The zero-order valence-electron chi connectivity index (χ0n) is 10.3. The molecular formula is C15H14N2OS. The summed E-state index contributed by atoms with van der Waals surface area (Å²) in [5, 5.41) is 10.2. The van der Waals surface area contributed by atoms with E-state index in [1.54, 1.807) is 23.5 Å². The van der Waals surface area contributed by atoms with Crippen LogP contribution in [0, 0.1) is 0 Å². The van der Waals surface area contributed by atoms with Gasteiger partial charge in [0.25, 0.3) is 0 Å².